The number of para-hydroxylation sites is 1. The van der Waals surface area contributed by atoms with Gasteiger partial charge >= 0.3 is 0 Å². The number of hydrogen-bond acceptors (Lipinski definition) is 5. The summed E-state index contributed by atoms with van der Waals surface area (Å²) in [5, 5.41) is 3.28. The van der Waals surface area contributed by atoms with Gasteiger partial charge < -0.3 is 5.32 Å². The second-order valence-electron chi connectivity index (χ2n) is 7.90. The van der Waals surface area contributed by atoms with E-state index in [2.05, 4.69) is 15.3 Å². The van der Waals surface area contributed by atoms with Crippen molar-refractivity contribution >= 4 is 40.3 Å². The number of fused-ring (bicyclic) bond motifs is 3. The third kappa shape index (κ3) is 4.49. The van der Waals surface area contributed by atoms with Gasteiger partial charge in [-0.1, -0.05) is 72.4 Å². The van der Waals surface area contributed by atoms with E-state index in [1.807, 2.05) is 54.6 Å². The summed E-state index contributed by atoms with van der Waals surface area (Å²) in [4.78, 5) is 36.6. The van der Waals surface area contributed by atoms with Gasteiger partial charge in [-0.2, -0.15) is 0 Å². The maximum Gasteiger partial charge on any atom is 0.259 e. The summed E-state index contributed by atoms with van der Waals surface area (Å²) < 4.78 is 14.1. The van der Waals surface area contributed by atoms with E-state index >= 15 is 0 Å². The molecule has 2 amide bonds. The molecule has 0 fully saturated rings. The van der Waals surface area contributed by atoms with Crippen molar-refractivity contribution in [3.63, 3.8) is 0 Å². The van der Waals surface area contributed by atoms with E-state index in [9.17, 15) is 14.0 Å². The molecule has 0 radical (unpaired) electrons. The van der Waals surface area contributed by atoms with Crippen LogP contribution in [0.2, 0.25) is 0 Å². The first-order chi connectivity index (χ1) is 16.6. The molecule has 0 saturated carbocycles. The molecule has 0 unspecified atom stereocenters. The van der Waals surface area contributed by atoms with E-state index in [-0.39, 0.29) is 24.1 Å². The molecule has 1 N–H and O–H groups in total. The molecule has 34 heavy (non-hydrogen) atoms. The Labute approximate surface area is 200 Å². The van der Waals surface area contributed by atoms with Crippen LogP contribution in [0.25, 0.3) is 0 Å². The first-order valence-corrected chi connectivity index (χ1v) is 11.9. The molecule has 5 rings (SSSR count). The van der Waals surface area contributed by atoms with E-state index in [1.165, 1.54) is 22.7 Å². The molecular formula is C26H21FN4O2S. The molecule has 3 aromatic carbocycles. The number of hydrogen-bond donors (Lipinski definition) is 1. The second-order valence-corrected chi connectivity index (χ2v) is 8.84. The van der Waals surface area contributed by atoms with E-state index in [1.54, 1.807) is 18.2 Å². The van der Waals surface area contributed by atoms with Crippen molar-refractivity contribution in [3.05, 3.63) is 101 Å². The van der Waals surface area contributed by atoms with Crippen LogP contribution >= 0.6 is 11.8 Å². The molecule has 0 saturated heterocycles. The highest BCUT2D eigenvalue weighted by Gasteiger charge is 2.42. The van der Waals surface area contributed by atoms with Crippen LogP contribution < -0.4 is 5.32 Å². The Morgan fingerprint density at radius 1 is 1.00 bits per heavy atom. The molecule has 8 heteroatoms. The fourth-order valence-electron chi connectivity index (χ4n) is 3.83. The summed E-state index contributed by atoms with van der Waals surface area (Å²) in [6.45, 7) is 0.384. The first kappa shape index (κ1) is 22.0. The Kier molecular flexibility index (Phi) is 6.22. The zero-order chi connectivity index (χ0) is 23.5. The molecule has 3 aromatic rings. The summed E-state index contributed by atoms with van der Waals surface area (Å²) in [6, 6.07) is 22.7. The van der Waals surface area contributed by atoms with Gasteiger partial charge in [0.25, 0.3) is 5.91 Å². The van der Waals surface area contributed by atoms with Crippen molar-refractivity contribution < 1.29 is 14.0 Å². The van der Waals surface area contributed by atoms with Crippen LogP contribution in [0, 0.1) is 5.82 Å². The number of aliphatic imine (C=N–C) groups is 2. The minimum atomic E-state index is -0.837. The molecule has 0 bridgehead atoms. The summed E-state index contributed by atoms with van der Waals surface area (Å²) in [5.74, 6) is -0.0716. The lowest BCUT2D eigenvalue weighted by Gasteiger charge is -2.25. The van der Waals surface area contributed by atoms with Crippen molar-refractivity contribution in [1.29, 1.82) is 0 Å². The van der Waals surface area contributed by atoms with Gasteiger partial charge in [-0.25, -0.2) is 14.3 Å². The maximum atomic E-state index is 14.1. The Morgan fingerprint density at radius 2 is 1.74 bits per heavy atom. The highest BCUT2D eigenvalue weighted by Crippen LogP contribution is 2.35. The van der Waals surface area contributed by atoms with Gasteiger partial charge in [0.2, 0.25) is 5.91 Å². The molecule has 170 valence electrons. The standard InChI is InChI=1S/C26H21FN4O2S/c27-20-12-6-4-10-18(20)16-34-26-30-21-13-7-5-11-19(21)24-29-22(25(33)31(24)26)14-23(32)28-15-17-8-2-1-3-9-17/h1-13,22H,14-16H2,(H,28,32)/t22-/m1/s1. The van der Waals surface area contributed by atoms with Gasteiger partial charge in [-0.3, -0.25) is 14.6 Å². The highest BCUT2D eigenvalue weighted by atomic mass is 32.2. The van der Waals surface area contributed by atoms with E-state index in [4.69, 9.17) is 0 Å². The number of benzene rings is 3. The van der Waals surface area contributed by atoms with Crippen LogP contribution in [-0.4, -0.2) is 33.8 Å². The zero-order valence-corrected chi connectivity index (χ0v) is 19.0. The predicted octanol–water partition coefficient (Wildman–Crippen LogP) is 4.42. The topological polar surface area (TPSA) is 74.1 Å². The van der Waals surface area contributed by atoms with Gasteiger partial charge in [0.1, 0.15) is 17.7 Å². The lowest BCUT2D eigenvalue weighted by molar-refractivity contribution is -0.128. The van der Waals surface area contributed by atoms with E-state index < -0.39 is 6.04 Å². The monoisotopic (exact) mass is 472 g/mol. The number of nitrogens with one attached hydrogen (secondary N) is 1. The van der Waals surface area contributed by atoms with Gasteiger partial charge in [0, 0.05) is 17.9 Å². The molecule has 2 heterocycles. The molecule has 0 aliphatic carbocycles. The molecular weight excluding hydrogens is 451 g/mol. The Hall–Kier alpha value is -3.78. The quantitative estimate of drug-likeness (QED) is 0.577. The van der Waals surface area contributed by atoms with Gasteiger partial charge in [0.15, 0.2) is 5.17 Å². The molecule has 2 aliphatic heterocycles. The maximum absolute atomic E-state index is 14.1. The number of rotatable bonds is 6. The predicted molar refractivity (Wildman–Crippen MR) is 131 cm³/mol. The van der Waals surface area contributed by atoms with E-state index in [0.717, 1.165) is 11.1 Å². The lowest BCUT2D eigenvalue weighted by atomic mass is 10.1. The first-order valence-electron chi connectivity index (χ1n) is 10.9. The molecule has 1 atom stereocenters. The summed E-state index contributed by atoms with van der Waals surface area (Å²) >= 11 is 1.27. The van der Waals surface area contributed by atoms with Crippen LogP contribution in [0.15, 0.2) is 88.8 Å². The zero-order valence-electron chi connectivity index (χ0n) is 18.1. The number of halogens is 1. The molecule has 0 spiro atoms. The smallest absolute Gasteiger partial charge is 0.259 e. The van der Waals surface area contributed by atoms with Crippen molar-refractivity contribution in [2.75, 3.05) is 0 Å². The normalized spacial score (nSPS) is 16.4. The summed E-state index contributed by atoms with van der Waals surface area (Å²) in [6.07, 6.45) is -0.0565. The number of amides is 2. The minimum absolute atomic E-state index is 0.0565. The van der Waals surface area contributed by atoms with Crippen molar-refractivity contribution in [3.8, 4) is 0 Å². The van der Waals surface area contributed by atoms with Crippen molar-refractivity contribution in [2.45, 2.75) is 24.8 Å². The van der Waals surface area contributed by atoms with E-state index in [0.29, 0.717) is 34.6 Å². The number of nitrogens with zero attached hydrogens (tertiary/aromatic N) is 3. The third-order valence-corrected chi connectivity index (χ3v) is 6.56. The van der Waals surface area contributed by atoms with Crippen LogP contribution in [0.4, 0.5) is 10.1 Å². The fraction of sp³-hybridized carbons (Fsp3) is 0.154. The Balaban J connectivity index is 1.34. The molecule has 2 aliphatic rings. The number of thioether (sulfide) groups is 1. The highest BCUT2D eigenvalue weighted by molar-refractivity contribution is 8.13. The average Bonchev–Trinajstić information content (AvgIpc) is 3.19. The van der Waals surface area contributed by atoms with Gasteiger partial charge in [-0.05, 0) is 29.3 Å². The number of amidine groups is 2. The summed E-state index contributed by atoms with van der Waals surface area (Å²) in [7, 11) is 0. The molecule has 6 nitrogen and oxygen atoms in total. The molecule has 0 aromatic heterocycles. The largest absolute Gasteiger partial charge is 0.352 e. The van der Waals surface area contributed by atoms with Crippen LogP contribution in [0.1, 0.15) is 23.1 Å². The van der Waals surface area contributed by atoms with Crippen molar-refractivity contribution in [1.82, 2.24) is 10.2 Å². The van der Waals surface area contributed by atoms with Gasteiger partial charge in [0.05, 0.1) is 12.1 Å². The van der Waals surface area contributed by atoms with Crippen LogP contribution in [-0.2, 0) is 21.9 Å². The average molecular weight is 473 g/mol. The third-order valence-electron chi connectivity index (χ3n) is 5.57. The SMILES string of the molecule is O=C(C[C@H]1N=C2c3ccccc3N=C(SCc3ccccc3F)N2C1=O)NCc1ccccc1. The summed E-state index contributed by atoms with van der Waals surface area (Å²) in [5.41, 5.74) is 2.93. The van der Waals surface area contributed by atoms with Crippen molar-refractivity contribution in [2.24, 2.45) is 9.98 Å². The number of carbonyl (C=O) groups is 2. The van der Waals surface area contributed by atoms with Crippen LogP contribution in [0.5, 0.6) is 0 Å². The number of carbonyl (C=O) groups excluding carboxylic acids is 2. The van der Waals surface area contributed by atoms with Gasteiger partial charge in [-0.15, -0.1) is 0 Å². The second kappa shape index (κ2) is 9.61. The Morgan fingerprint density at radius 3 is 2.56 bits per heavy atom. The lowest BCUT2D eigenvalue weighted by Crippen LogP contribution is -2.42. The van der Waals surface area contributed by atoms with Crippen LogP contribution in [0.3, 0.4) is 0 Å². The fourth-order valence-corrected chi connectivity index (χ4v) is 4.82. The Bertz CT molecular complexity index is 1310. The minimum Gasteiger partial charge on any atom is -0.352 e.